The maximum atomic E-state index is 12.5. The van der Waals surface area contributed by atoms with E-state index in [-0.39, 0.29) is 6.42 Å². The van der Waals surface area contributed by atoms with E-state index in [1.807, 2.05) is 0 Å². The minimum absolute atomic E-state index is 0.277. The van der Waals surface area contributed by atoms with Crippen LogP contribution in [0.3, 0.4) is 0 Å². The van der Waals surface area contributed by atoms with E-state index < -0.39 is 40.0 Å². The third-order valence-corrected chi connectivity index (χ3v) is 8.52. The second kappa shape index (κ2) is 28.5. The van der Waals surface area contributed by atoms with Crippen molar-refractivity contribution in [2.75, 3.05) is 5.75 Å². The highest BCUT2D eigenvalue weighted by molar-refractivity contribution is 7.85. The first-order valence-corrected chi connectivity index (χ1v) is 18.8. The Morgan fingerprint density at radius 2 is 1.07 bits per heavy atom. The lowest BCUT2D eigenvalue weighted by Gasteiger charge is -2.22. The fraction of sp³-hybridized carbons (Fsp3) is 0.853. The normalized spacial score (nSPS) is 14.5. The number of hydrogen-bond acceptors (Lipinski definition) is 5. The van der Waals surface area contributed by atoms with Gasteiger partial charge >= 0.3 is 0 Å². The molecule has 0 aromatic rings. The molecule has 0 saturated heterocycles. The van der Waals surface area contributed by atoms with Gasteiger partial charge in [0.1, 0.15) is 6.10 Å². The third-order valence-electron chi connectivity index (χ3n) is 7.74. The molecule has 0 aromatic carbocycles. The van der Waals surface area contributed by atoms with Gasteiger partial charge in [-0.05, 0) is 32.1 Å². The first kappa shape index (κ1) is 40.8. The molecule has 0 aliphatic rings. The fourth-order valence-electron chi connectivity index (χ4n) is 5.06. The molecule has 0 fully saturated rings. The van der Waals surface area contributed by atoms with Crippen LogP contribution < -0.4 is 5.32 Å². The highest BCUT2D eigenvalue weighted by Gasteiger charge is 2.27. The highest BCUT2D eigenvalue weighted by atomic mass is 32.2. The van der Waals surface area contributed by atoms with Crippen LogP contribution in [0.15, 0.2) is 24.3 Å². The average Bonchev–Trinajstić information content (AvgIpc) is 2.94. The van der Waals surface area contributed by atoms with Crippen LogP contribution in [0.25, 0.3) is 0 Å². The molecule has 0 spiro atoms. The molecule has 0 aliphatic carbocycles. The van der Waals surface area contributed by atoms with Crippen molar-refractivity contribution in [2.45, 2.75) is 180 Å². The molecule has 0 aliphatic heterocycles. The summed E-state index contributed by atoms with van der Waals surface area (Å²) in [6, 6.07) is -1.24. The van der Waals surface area contributed by atoms with E-state index in [2.05, 4.69) is 31.3 Å². The summed E-state index contributed by atoms with van der Waals surface area (Å²) >= 11 is 0. The third kappa shape index (κ3) is 27.6. The Balaban J connectivity index is 4.15. The molecule has 3 atom stereocenters. The monoisotopic (exact) mass is 615 g/mol. The van der Waals surface area contributed by atoms with Crippen LogP contribution in [0.4, 0.5) is 0 Å². The molecule has 8 heteroatoms. The molecule has 0 aromatic heterocycles. The van der Waals surface area contributed by atoms with Crippen LogP contribution in [0.5, 0.6) is 0 Å². The van der Waals surface area contributed by atoms with Gasteiger partial charge in [0.05, 0.1) is 17.9 Å². The zero-order chi connectivity index (χ0) is 31.3. The lowest BCUT2D eigenvalue weighted by molar-refractivity contribution is -0.130. The first-order valence-electron chi connectivity index (χ1n) is 17.1. The number of hydrogen-bond donors (Lipinski definition) is 4. The Morgan fingerprint density at radius 3 is 1.57 bits per heavy atom. The molecule has 7 nitrogen and oxygen atoms in total. The lowest BCUT2D eigenvalue weighted by atomic mass is 10.0. The van der Waals surface area contributed by atoms with E-state index in [9.17, 15) is 28.0 Å². The van der Waals surface area contributed by atoms with Gasteiger partial charge in [0.15, 0.2) is 0 Å². The predicted molar refractivity (Wildman–Crippen MR) is 176 cm³/mol. The van der Waals surface area contributed by atoms with Gasteiger partial charge in [-0.15, -0.1) is 0 Å². The number of unbranched alkanes of at least 4 members (excludes halogenated alkanes) is 19. The summed E-state index contributed by atoms with van der Waals surface area (Å²) in [6.07, 6.45) is 31.0. The largest absolute Gasteiger partial charge is 0.387 e. The number of rotatable bonds is 30. The van der Waals surface area contributed by atoms with Crippen molar-refractivity contribution < 1.29 is 28.0 Å². The van der Waals surface area contributed by atoms with Gasteiger partial charge in [-0.25, -0.2) is 0 Å². The number of amides is 1. The summed E-state index contributed by atoms with van der Waals surface area (Å²) in [4.78, 5) is 12.5. The van der Waals surface area contributed by atoms with E-state index in [1.54, 1.807) is 6.08 Å². The molecular formula is C34H65NO6S. The van der Waals surface area contributed by atoms with E-state index in [1.165, 1.54) is 102 Å². The summed E-state index contributed by atoms with van der Waals surface area (Å²) in [5, 5.41) is 23.2. The van der Waals surface area contributed by atoms with Crippen molar-refractivity contribution in [3.8, 4) is 0 Å². The maximum Gasteiger partial charge on any atom is 0.267 e. The van der Waals surface area contributed by atoms with Gasteiger partial charge in [0.2, 0.25) is 5.91 Å². The van der Waals surface area contributed by atoms with Gasteiger partial charge in [0, 0.05) is 0 Å². The van der Waals surface area contributed by atoms with Gasteiger partial charge < -0.3 is 15.5 Å². The lowest BCUT2D eigenvalue weighted by Crippen LogP contribution is -2.50. The van der Waals surface area contributed by atoms with Crippen LogP contribution in [-0.2, 0) is 14.9 Å². The van der Waals surface area contributed by atoms with E-state index >= 15 is 0 Å². The molecule has 3 unspecified atom stereocenters. The summed E-state index contributed by atoms with van der Waals surface area (Å²) in [5.41, 5.74) is 0. The van der Waals surface area contributed by atoms with E-state index in [4.69, 9.17) is 0 Å². The van der Waals surface area contributed by atoms with Crippen molar-refractivity contribution in [3.63, 3.8) is 0 Å². The zero-order valence-electron chi connectivity index (χ0n) is 27.0. The van der Waals surface area contributed by atoms with Crippen LogP contribution in [0.1, 0.15) is 162 Å². The van der Waals surface area contributed by atoms with Crippen molar-refractivity contribution in [2.24, 2.45) is 0 Å². The second-order valence-electron chi connectivity index (χ2n) is 11.9. The maximum absolute atomic E-state index is 12.5. The average molecular weight is 616 g/mol. The van der Waals surface area contributed by atoms with Crippen LogP contribution in [0.2, 0.25) is 0 Å². The van der Waals surface area contributed by atoms with Crippen molar-refractivity contribution >= 4 is 16.0 Å². The van der Waals surface area contributed by atoms with Crippen molar-refractivity contribution in [1.82, 2.24) is 5.32 Å². The van der Waals surface area contributed by atoms with Gasteiger partial charge in [-0.3, -0.25) is 9.35 Å². The number of carbonyl (C=O) groups excluding carboxylic acids is 1. The minimum Gasteiger partial charge on any atom is -0.387 e. The molecule has 0 bridgehead atoms. The topological polar surface area (TPSA) is 124 Å². The molecular weight excluding hydrogens is 550 g/mol. The van der Waals surface area contributed by atoms with Crippen molar-refractivity contribution in [1.29, 1.82) is 0 Å². The number of aliphatic hydroxyl groups excluding tert-OH is 2. The summed E-state index contributed by atoms with van der Waals surface area (Å²) in [6.45, 7) is 4.44. The first-order chi connectivity index (χ1) is 20.2. The number of allylic oxidation sites excluding steroid dienone is 3. The van der Waals surface area contributed by atoms with Gasteiger partial charge in [-0.1, -0.05) is 154 Å². The Kier molecular flexibility index (Phi) is 27.7. The molecule has 248 valence electrons. The predicted octanol–water partition coefficient (Wildman–Crippen LogP) is 8.21. The molecule has 42 heavy (non-hydrogen) atoms. The molecule has 0 radical (unpaired) electrons. The molecule has 1 amide bonds. The summed E-state index contributed by atoms with van der Waals surface area (Å²) < 4.78 is 32.2. The Hall–Kier alpha value is -1.22. The molecule has 4 N–H and O–H groups in total. The number of aliphatic hydroxyl groups is 2. The quantitative estimate of drug-likeness (QED) is 0.0367. The summed E-state index contributed by atoms with van der Waals surface area (Å²) in [7, 11) is -4.44. The smallest absolute Gasteiger partial charge is 0.267 e. The van der Waals surface area contributed by atoms with Crippen LogP contribution in [-0.4, -0.2) is 53.1 Å². The Labute approximate surface area is 258 Å². The second-order valence-corrected chi connectivity index (χ2v) is 13.4. The molecule has 0 heterocycles. The number of nitrogens with one attached hydrogen (secondary N) is 1. The van der Waals surface area contributed by atoms with Gasteiger partial charge in [0.25, 0.3) is 10.1 Å². The van der Waals surface area contributed by atoms with Gasteiger partial charge in [-0.2, -0.15) is 8.42 Å². The highest BCUT2D eigenvalue weighted by Crippen LogP contribution is 2.14. The van der Waals surface area contributed by atoms with Crippen molar-refractivity contribution in [3.05, 3.63) is 24.3 Å². The summed E-state index contributed by atoms with van der Waals surface area (Å²) in [5.74, 6) is -1.55. The Morgan fingerprint density at radius 1 is 0.643 bits per heavy atom. The van der Waals surface area contributed by atoms with E-state index in [0.29, 0.717) is 12.8 Å². The van der Waals surface area contributed by atoms with Crippen LogP contribution >= 0.6 is 0 Å². The standard InChI is InChI=1S/C34H65NO6S/c1-3-5-7-9-11-13-15-16-17-18-19-21-23-25-27-29-33(37)34(38)35-31(30-42(39,40)41)32(36)28-26-24-22-20-14-12-10-8-6-4-2/h14,20,26,28,31-33,36-37H,3-13,15-19,21-25,27,29-30H2,1-2H3,(H,35,38)(H,39,40,41)/b20-14+,28-26+. The minimum atomic E-state index is -4.44. The number of carbonyl (C=O) groups is 1. The Bertz CT molecular complexity index is 783. The molecule has 0 rings (SSSR count). The van der Waals surface area contributed by atoms with Crippen LogP contribution in [0, 0.1) is 0 Å². The zero-order valence-corrected chi connectivity index (χ0v) is 27.8. The molecule has 0 saturated carbocycles. The fourth-order valence-corrected chi connectivity index (χ4v) is 5.79. The van der Waals surface area contributed by atoms with E-state index in [0.717, 1.165) is 32.1 Å². The SMILES string of the molecule is CCCCCC/C=C/CC/C=C/C(O)C(CS(=O)(=O)O)NC(=O)C(O)CCCCCCCCCCCCCCCCC.